The van der Waals surface area contributed by atoms with Gasteiger partial charge < -0.3 is 26.1 Å². The van der Waals surface area contributed by atoms with Crippen LogP contribution >= 0.6 is 0 Å². The zero-order valence-electron chi connectivity index (χ0n) is 21.8. The molecule has 0 saturated carbocycles. The van der Waals surface area contributed by atoms with Crippen molar-refractivity contribution in [2.24, 2.45) is 11.6 Å². The second-order valence-corrected chi connectivity index (χ2v) is 8.70. The number of nitrogens with zero attached hydrogens (tertiary/aromatic N) is 5. The van der Waals surface area contributed by atoms with E-state index >= 15 is 0 Å². The number of ether oxygens (including phenoxy) is 1. The minimum absolute atomic E-state index is 0.000752. The standard InChI is InChI=1S/C25H29F4N9O3/c26-16-41-20-5-3-4-17(10-20)12-33-23(39)21(30)14-37(31)8-1-2-9-38-15-22(35-36-38)24(40)34-13-19-11-18(6-7-32-19)25(27,28)29/h3-7,10-11,14-15H,1-2,8-9,12-13,16,30-31H2,(H,33,39)(H,34,40)/b21-14-. The molecule has 12 nitrogen and oxygen atoms in total. The van der Waals surface area contributed by atoms with Gasteiger partial charge in [0, 0.05) is 32.0 Å². The molecule has 3 aromatic rings. The number of unbranched alkanes of at least 4 members (excludes halogenated alkanes) is 1. The average molecular weight is 580 g/mol. The minimum atomic E-state index is -4.51. The summed E-state index contributed by atoms with van der Waals surface area (Å²) in [5.74, 6) is 5.10. The SMILES string of the molecule is N/C(=C\N(N)CCCCn1cc(C(=O)NCc2cc(C(F)(F)F)ccn2)nn1)C(=O)NCc1cccc(OCF)c1. The van der Waals surface area contributed by atoms with E-state index < -0.39 is 30.4 Å². The summed E-state index contributed by atoms with van der Waals surface area (Å²) in [6, 6.07) is 8.31. The average Bonchev–Trinajstić information content (AvgIpc) is 3.42. The summed E-state index contributed by atoms with van der Waals surface area (Å²) in [6.45, 7) is -0.237. The van der Waals surface area contributed by atoms with Gasteiger partial charge in [-0.15, -0.1) is 5.10 Å². The van der Waals surface area contributed by atoms with Crippen molar-refractivity contribution >= 4 is 11.8 Å². The quantitative estimate of drug-likeness (QED) is 0.0735. The molecule has 2 amide bonds. The van der Waals surface area contributed by atoms with E-state index in [1.165, 1.54) is 22.1 Å². The molecule has 220 valence electrons. The highest BCUT2D eigenvalue weighted by atomic mass is 19.4. The van der Waals surface area contributed by atoms with Crippen molar-refractivity contribution in [3.63, 3.8) is 0 Å². The molecule has 0 atom stereocenters. The van der Waals surface area contributed by atoms with E-state index in [9.17, 15) is 27.2 Å². The van der Waals surface area contributed by atoms with Crippen molar-refractivity contribution in [1.29, 1.82) is 0 Å². The van der Waals surface area contributed by atoms with Crippen LogP contribution < -0.4 is 26.9 Å². The lowest BCUT2D eigenvalue weighted by Crippen LogP contribution is -2.33. The summed E-state index contributed by atoms with van der Waals surface area (Å²) in [5.41, 5.74) is 5.60. The van der Waals surface area contributed by atoms with Gasteiger partial charge in [-0.1, -0.05) is 17.3 Å². The van der Waals surface area contributed by atoms with E-state index in [4.69, 9.17) is 16.3 Å². The molecule has 0 aliphatic carbocycles. The number of nitrogens with one attached hydrogen (secondary N) is 2. The maximum atomic E-state index is 12.8. The Morgan fingerprint density at radius 1 is 1.12 bits per heavy atom. The predicted octanol–water partition coefficient (Wildman–Crippen LogP) is 2.00. The normalized spacial score (nSPS) is 11.7. The smallest absolute Gasteiger partial charge is 0.416 e. The van der Waals surface area contributed by atoms with Crippen LogP contribution in [-0.2, 0) is 30.6 Å². The highest BCUT2D eigenvalue weighted by Gasteiger charge is 2.30. The molecule has 6 N–H and O–H groups in total. The summed E-state index contributed by atoms with van der Waals surface area (Å²) >= 11 is 0. The van der Waals surface area contributed by atoms with Gasteiger partial charge in [-0.2, -0.15) is 13.2 Å². The molecule has 2 heterocycles. The number of carbonyl (C=O) groups excluding carboxylic acids is 2. The molecular formula is C25H29F4N9O3. The van der Waals surface area contributed by atoms with Crippen molar-refractivity contribution in [3.8, 4) is 5.75 Å². The van der Waals surface area contributed by atoms with Gasteiger partial charge in [-0.3, -0.25) is 19.3 Å². The number of alkyl halides is 4. The molecule has 0 fully saturated rings. The molecule has 0 spiro atoms. The van der Waals surface area contributed by atoms with Crippen molar-refractivity contribution in [1.82, 2.24) is 35.6 Å². The lowest BCUT2D eigenvalue weighted by atomic mass is 10.2. The van der Waals surface area contributed by atoms with Crippen LogP contribution in [0.25, 0.3) is 0 Å². The number of amides is 2. The van der Waals surface area contributed by atoms with Crippen LogP contribution in [0.5, 0.6) is 5.75 Å². The van der Waals surface area contributed by atoms with Crippen molar-refractivity contribution in [2.75, 3.05) is 13.4 Å². The summed E-state index contributed by atoms with van der Waals surface area (Å²) in [7, 11) is 0. The Kier molecular flexibility index (Phi) is 11.0. The van der Waals surface area contributed by atoms with E-state index in [0.717, 1.165) is 18.3 Å². The molecule has 0 bridgehead atoms. The third-order valence-corrected chi connectivity index (χ3v) is 5.54. The first-order valence-electron chi connectivity index (χ1n) is 12.3. The highest BCUT2D eigenvalue weighted by molar-refractivity contribution is 5.92. The number of rotatable bonds is 14. The zero-order chi connectivity index (χ0) is 29.8. The Bertz CT molecular complexity index is 1350. The van der Waals surface area contributed by atoms with E-state index in [1.807, 2.05) is 0 Å². The number of halogens is 4. The Hall–Kier alpha value is -4.73. The fourth-order valence-electron chi connectivity index (χ4n) is 3.49. The van der Waals surface area contributed by atoms with Crippen molar-refractivity contribution in [2.45, 2.75) is 38.7 Å². The van der Waals surface area contributed by atoms with E-state index in [1.54, 1.807) is 24.3 Å². The molecule has 0 unspecified atom stereocenters. The number of pyridine rings is 1. The molecule has 1 aromatic carbocycles. The number of aromatic nitrogens is 4. The first-order valence-corrected chi connectivity index (χ1v) is 12.3. The lowest BCUT2D eigenvalue weighted by Gasteiger charge is -2.15. The van der Waals surface area contributed by atoms with Gasteiger partial charge in [0.1, 0.15) is 11.4 Å². The Morgan fingerprint density at radius 2 is 1.93 bits per heavy atom. The maximum absolute atomic E-state index is 12.8. The molecular weight excluding hydrogens is 550 g/mol. The molecule has 0 aliphatic heterocycles. The fraction of sp³-hybridized carbons (Fsp3) is 0.320. The predicted molar refractivity (Wildman–Crippen MR) is 138 cm³/mol. The van der Waals surface area contributed by atoms with E-state index in [2.05, 4.69) is 25.9 Å². The van der Waals surface area contributed by atoms with Gasteiger partial charge in [0.25, 0.3) is 11.8 Å². The van der Waals surface area contributed by atoms with Gasteiger partial charge in [-0.05, 0) is 42.7 Å². The summed E-state index contributed by atoms with van der Waals surface area (Å²) in [6.07, 6.45) is 0.421. The van der Waals surface area contributed by atoms with Crippen molar-refractivity contribution in [3.05, 3.63) is 83.2 Å². The third-order valence-electron chi connectivity index (χ3n) is 5.54. The molecule has 0 aliphatic rings. The minimum Gasteiger partial charge on any atom is -0.463 e. The number of hydrazine groups is 1. The van der Waals surface area contributed by atoms with Gasteiger partial charge in [0.05, 0.1) is 24.0 Å². The Balaban J connectivity index is 1.37. The van der Waals surface area contributed by atoms with Crippen LogP contribution in [-0.4, -0.2) is 50.2 Å². The van der Waals surface area contributed by atoms with Crippen LogP contribution in [0.15, 0.2) is 60.7 Å². The Labute approximate surface area is 232 Å². The first kappa shape index (κ1) is 30.8. The monoisotopic (exact) mass is 579 g/mol. The van der Waals surface area contributed by atoms with E-state index in [-0.39, 0.29) is 30.2 Å². The van der Waals surface area contributed by atoms with Crippen LogP contribution in [0.2, 0.25) is 0 Å². The molecule has 0 radical (unpaired) electrons. The Morgan fingerprint density at radius 3 is 2.68 bits per heavy atom. The van der Waals surface area contributed by atoms with Gasteiger partial charge in [0.2, 0.25) is 6.86 Å². The summed E-state index contributed by atoms with van der Waals surface area (Å²) < 4.78 is 57.0. The maximum Gasteiger partial charge on any atom is 0.416 e. The third kappa shape index (κ3) is 10.1. The van der Waals surface area contributed by atoms with Gasteiger partial charge in [-0.25, -0.2) is 10.2 Å². The van der Waals surface area contributed by atoms with Crippen LogP contribution in [0.3, 0.4) is 0 Å². The number of hydrogen-bond acceptors (Lipinski definition) is 9. The molecule has 2 aromatic heterocycles. The molecule has 41 heavy (non-hydrogen) atoms. The zero-order valence-corrected chi connectivity index (χ0v) is 21.8. The second-order valence-electron chi connectivity index (χ2n) is 8.70. The van der Waals surface area contributed by atoms with Gasteiger partial charge >= 0.3 is 6.18 Å². The number of benzene rings is 1. The lowest BCUT2D eigenvalue weighted by molar-refractivity contribution is -0.137. The second kappa shape index (κ2) is 14.6. The molecule has 3 rings (SSSR count). The van der Waals surface area contributed by atoms with Crippen molar-refractivity contribution < 1.29 is 31.9 Å². The summed E-state index contributed by atoms with van der Waals surface area (Å²) in [4.78, 5) is 28.4. The fourth-order valence-corrected chi connectivity index (χ4v) is 3.49. The van der Waals surface area contributed by atoms with Crippen LogP contribution in [0.4, 0.5) is 17.6 Å². The summed E-state index contributed by atoms with van der Waals surface area (Å²) in [5, 5.41) is 14.0. The number of hydrogen-bond donors (Lipinski definition) is 4. The van der Waals surface area contributed by atoms with Gasteiger partial charge in [0.15, 0.2) is 5.69 Å². The first-order chi connectivity index (χ1) is 19.5. The van der Waals surface area contributed by atoms with Crippen LogP contribution in [0.1, 0.15) is 40.2 Å². The molecule has 0 saturated heterocycles. The number of carbonyl (C=O) groups is 2. The van der Waals surface area contributed by atoms with Crippen LogP contribution in [0, 0.1) is 0 Å². The number of aryl methyl sites for hydroxylation is 1. The van der Waals surface area contributed by atoms with E-state index in [0.29, 0.717) is 37.2 Å². The highest BCUT2D eigenvalue weighted by Crippen LogP contribution is 2.28. The largest absolute Gasteiger partial charge is 0.463 e. The molecule has 16 heteroatoms. The topological polar surface area (TPSA) is 166 Å². The number of nitrogens with two attached hydrogens (primary N) is 2.